The third-order valence-electron chi connectivity index (χ3n) is 5.71. The zero-order valence-corrected chi connectivity index (χ0v) is 21.2. The van der Waals surface area contributed by atoms with Crippen molar-refractivity contribution in [3.8, 4) is 0 Å². The Morgan fingerprint density at radius 3 is 1.47 bits per heavy atom. The van der Waals surface area contributed by atoms with Gasteiger partial charge in [-0.15, -0.1) is 0 Å². The average molecular weight is 556 g/mol. The summed E-state index contributed by atoms with van der Waals surface area (Å²) in [7, 11) is -6.18. The number of halogens is 3. The molecule has 0 aliphatic rings. The Balaban J connectivity index is 2.66. The van der Waals surface area contributed by atoms with Crippen LogP contribution in [0, 0.1) is 0 Å². The topological polar surface area (TPSA) is 69.7 Å². The maximum absolute atomic E-state index is 13.9. The van der Waals surface area contributed by atoms with Gasteiger partial charge in [0.1, 0.15) is 0 Å². The van der Waals surface area contributed by atoms with Gasteiger partial charge in [-0.3, -0.25) is 0 Å². The van der Waals surface area contributed by atoms with Crippen LogP contribution in [0.2, 0.25) is 4.71 Å². The van der Waals surface area contributed by atoms with E-state index in [1.54, 1.807) is 61.5 Å². The van der Waals surface area contributed by atoms with Crippen LogP contribution in [0.25, 0.3) is 0 Å². The van der Waals surface area contributed by atoms with Gasteiger partial charge < -0.3 is 0 Å². The Hall–Kier alpha value is -2.61. The van der Waals surface area contributed by atoms with Crippen LogP contribution >= 0.6 is 0 Å². The van der Waals surface area contributed by atoms with Crippen LogP contribution in [-0.4, -0.2) is 39.3 Å². The third-order valence-corrected chi connectivity index (χ3v) is 21.8. The Bertz CT molecular complexity index is 1130. The number of carbonyl (C=O) groups excluding carboxylic acids is 1. The summed E-state index contributed by atoms with van der Waals surface area (Å²) in [5, 5.41) is 0. The second-order valence-electron chi connectivity index (χ2n) is 7.51. The molecule has 34 heavy (non-hydrogen) atoms. The van der Waals surface area contributed by atoms with E-state index in [-0.39, 0.29) is 19.7 Å². The molecule has 0 heterocycles. The van der Waals surface area contributed by atoms with Crippen LogP contribution in [0.3, 0.4) is 0 Å². The molecule has 0 aliphatic heterocycles. The van der Waals surface area contributed by atoms with Crippen LogP contribution in [0.15, 0.2) is 91.0 Å². The van der Waals surface area contributed by atoms with Crippen molar-refractivity contribution in [2.24, 2.45) is 0 Å². The van der Waals surface area contributed by atoms with Gasteiger partial charge in [0, 0.05) is 0 Å². The fraction of sp³-hybridized carbons (Fsp3) is 0.208. The van der Waals surface area contributed by atoms with Gasteiger partial charge in [0.05, 0.1) is 0 Å². The molecule has 1 atom stereocenters. The van der Waals surface area contributed by atoms with Crippen molar-refractivity contribution in [1.29, 1.82) is 0 Å². The third kappa shape index (κ3) is 4.06. The number of benzene rings is 3. The molecular weight excluding hydrogens is 532 g/mol. The molecule has 3 rings (SSSR count). The zero-order chi connectivity index (χ0) is 25.1. The van der Waals surface area contributed by atoms with Gasteiger partial charge in [0.25, 0.3) is 0 Å². The van der Waals surface area contributed by atoms with Crippen molar-refractivity contribution in [2.75, 3.05) is 6.61 Å². The Morgan fingerprint density at radius 2 is 1.18 bits per heavy atom. The molecule has 0 N–H and O–H groups in total. The van der Waals surface area contributed by atoms with E-state index < -0.39 is 39.1 Å². The Kier molecular flexibility index (Phi) is 7.31. The summed E-state index contributed by atoms with van der Waals surface area (Å²) >= 11 is -6.07. The van der Waals surface area contributed by atoms with Crippen molar-refractivity contribution >= 4 is 41.9 Å². The van der Waals surface area contributed by atoms with E-state index in [4.69, 9.17) is 7.91 Å². The first kappa shape index (κ1) is 26.0. The average Bonchev–Trinajstić information content (AvgIpc) is 2.83. The van der Waals surface area contributed by atoms with Gasteiger partial charge in [0.15, 0.2) is 0 Å². The van der Waals surface area contributed by atoms with E-state index in [0.717, 1.165) is 0 Å². The fourth-order valence-electron chi connectivity index (χ4n) is 4.19. The Labute approximate surface area is 197 Å². The molecule has 3 aromatic carbocycles. The molecule has 1 unspecified atom stereocenters. The molecule has 0 aromatic heterocycles. The fourth-order valence-corrected chi connectivity index (χ4v) is 21.1. The summed E-state index contributed by atoms with van der Waals surface area (Å²) in [6.07, 6.45) is 0. The van der Waals surface area contributed by atoms with Crippen LogP contribution in [-0.2, 0) is 22.8 Å². The molecule has 0 radical (unpaired) electrons. The molecule has 0 bridgehead atoms. The normalized spacial score (nSPS) is 14.6. The molecule has 5 nitrogen and oxygen atoms in total. The molecule has 0 amide bonds. The molecular formula is C24H24AsF3O5S. The molecule has 182 valence electrons. The monoisotopic (exact) mass is 556 g/mol. The number of esters is 1. The van der Waals surface area contributed by atoms with Gasteiger partial charge in [-0.1, -0.05) is 0 Å². The van der Waals surface area contributed by atoms with Crippen LogP contribution in [0.1, 0.15) is 13.8 Å². The quantitative estimate of drug-likeness (QED) is 0.242. The van der Waals surface area contributed by atoms with E-state index in [2.05, 4.69) is 0 Å². The summed E-state index contributed by atoms with van der Waals surface area (Å²) in [5.74, 6) is -0.859. The molecule has 0 aliphatic carbocycles. The van der Waals surface area contributed by atoms with E-state index in [0.29, 0.717) is 0 Å². The minimum absolute atomic E-state index is 0.0477. The number of ether oxygens (including phenoxy) is 1. The second kappa shape index (κ2) is 9.56. The SMILES string of the molecule is CCOC(=O)C(C)[As](OS(=O)(=O)C(F)(F)F)(c1ccccc1)(c1ccccc1)c1ccccc1. The molecule has 3 aromatic rings. The summed E-state index contributed by atoms with van der Waals surface area (Å²) in [6.45, 7) is 2.89. The van der Waals surface area contributed by atoms with E-state index in [1.165, 1.54) is 43.3 Å². The predicted octanol–water partition coefficient (Wildman–Crippen LogP) is 3.43. The first-order chi connectivity index (χ1) is 16.0. The molecule has 0 fully saturated rings. The van der Waals surface area contributed by atoms with Crippen molar-refractivity contribution in [3.05, 3.63) is 91.0 Å². The molecule has 0 saturated heterocycles. The first-order valence-corrected chi connectivity index (χ1v) is 16.5. The van der Waals surface area contributed by atoms with Gasteiger partial charge in [-0.2, -0.15) is 0 Å². The van der Waals surface area contributed by atoms with Crippen LogP contribution in [0.4, 0.5) is 13.2 Å². The van der Waals surface area contributed by atoms with Crippen molar-refractivity contribution in [3.63, 3.8) is 0 Å². The standard InChI is InChI=1S/C24H24AsF3O5S/c1-3-32-23(29)19(2)25(20-13-7-4-8-14-20,21-15-9-5-10-16-21,22-17-11-6-12-18-22)33-34(30,31)24(26,27)28/h4-19H,3H2,1-2H3. The van der Waals surface area contributed by atoms with E-state index in [1.807, 2.05) is 0 Å². The van der Waals surface area contributed by atoms with Crippen LogP contribution in [0.5, 0.6) is 0 Å². The van der Waals surface area contributed by atoms with Crippen molar-refractivity contribution < 1.29 is 34.3 Å². The molecule has 0 spiro atoms. The number of carbonyl (C=O) groups is 1. The van der Waals surface area contributed by atoms with Crippen molar-refractivity contribution in [1.82, 2.24) is 0 Å². The van der Waals surface area contributed by atoms with E-state index >= 15 is 0 Å². The van der Waals surface area contributed by atoms with Gasteiger partial charge in [0.2, 0.25) is 0 Å². The van der Waals surface area contributed by atoms with Gasteiger partial charge >= 0.3 is 198 Å². The second-order valence-corrected chi connectivity index (χ2v) is 19.5. The predicted molar refractivity (Wildman–Crippen MR) is 126 cm³/mol. The first-order valence-electron chi connectivity index (χ1n) is 10.4. The Morgan fingerprint density at radius 1 is 0.824 bits per heavy atom. The summed E-state index contributed by atoms with van der Waals surface area (Å²) in [5.41, 5.74) is -5.72. The molecule has 0 saturated carbocycles. The summed E-state index contributed by atoms with van der Waals surface area (Å²) in [4.78, 5) is 13.3. The number of hydrogen-bond acceptors (Lipinski definition) is 5. The number of rotatable bonds is 8. The maximum atomic E-state index is 13.9. The number of hydrogen-bond donors (Lipinski definition) is 0. The van der Waals surface area contributed by atoms with E-state index in [9.17, 15) is 26.4 Å². The summed E-state index contributed by atoms with van der Waals surface area (Å²) in [6, 6.07) is 23.4. The molecule has 10 heteroatoms. The number of alkyl halides is 3. The summed E-state index contributed by atoms with van der Waals surface area (Å²) < 4.78 is 77.3. The minimum atomic E-state index is -6.18. The van der Waals surface area contributed by atoms with Crippen molar-refractivity contribution in [2.45, 2.75) is 24.1 Å². The van der Waals surface area contributed by atoms with Gasteiger partial charge in [-0.05, 0) is 0 Å². The zero-order valence-electron chi connectivity index (χ0n) is 18.5. The van der Waals surface area contributed by atoms with Gasteiger partial charge in [-0.25, -0.2) is 0 Å². The van der Waals surface area contributed by atoms with Crippen LogP contribution < -0.4 is 13.1 Å².